The summed E-state index contributed by atoms with van der Waals surface area (Å²) in [6.45, 7) is 6.00. The highest BCUT2D eigenvalue weighted by molar-refractivity contribution is 6.20. The van der Waals surface area contributed by atoms with Crippen molar-refractivity contribution in [3.05, 3.63) is 11.3 Å². The third kappa shape index (κ3) is 1.95. The molecule has 1 rings (SSSR count). The van der Waals surface area contributed by atoms with E-state index in [2.05, 4.69) is 4.99 Å². The molecule has 0 saturated carbocycles. The third-order valence-electron chi connectivity index (χ3n) is 2.06. The Balaban J connectivity index is 2.91. The fraction of sp³-hybridized carbons (Fsp3) is 0.600. The van der Waals surface area contributed by atoms with Crippen molar-refractivity contribution in [2.75, 3.05) is 6.54 Å². The van der Waals surface area contributed by atoms with Crippen molar-refractivity contribution in [2.24, 2.45) is 4.99 Å². The molecule has 1 aliphatic rings. The Bertz CT molecular complexity index is 304. The molecule has 0 fully saturated rings. The van der Waals surface area contributed by atoms with E-state index in [4.69, 9.17) is 4.74 Å². The van der Waals surface area contributed by atoms with Crippen molar-refractivity contribution in [2.45, 2.75) is 33.3 Å². The number of aliphatic imine (C=N–C) groups is 1. The first-order valence-electron chi connectivity index (χ1n) is 4.73. The predicted octanol–water partition coefficient (Wildman–Crippen LogP) is 1.61. The molecular weight excluding hydrogens is 182 g/mol. The van der Waals surface area contributed by atoms with Crippen LogP contribution in [0.5, 0.6) is 0 Å². The lowest BCUT2D eigenvalue weighted by molar-refractivity contribution is -0.139. The van der Waals surface area contributed by atoms with Gasteiger partial charge in [-0.05, 0) is 20.3 Å². The van der Waals surface area contributed by atoms with Gasteiger partial charge in [0, 0.05) is 12.3 Å². The first-order valence-corrected chi connectivity index (χ1v) is 4.73. The molecule has 0 amide bonds. The van der Waals surface area contributed by atoms with E-state index in [0.29, 0.717) is 12.3 Å². The molecule has 1 aliphatic heterocycles. The van der Waals surface area contributed by atoms with Crippen molar-refractivity contribution >= 4 is 11.7 Å². The molecule has 0 spiro atoms. The number of hydrogen-bond donors (Lipinski definition) is 1. The fourth-order valence-corrected chi connectivity index (χ4v) is 1.27. The molecule has 1 heterocycles. The lowest BCUT2D eigenvalue weighted by atomic mass is 10.1. The maximum Gasteiger partial charge on any atom is 0.344 e. The van der Waals surface area contributed by atoms with Gasteiger partial charge in [0.05, 0.1) is 0 Å². The Morgan fingerprint density at radius 1 is 1.64 bits per heavy atom. The van der Waals surface area contributed by atoms with Gasteiger partial charge in [0.25, 0.3) is 0 Å². The number of aliphatic hydroxyl groups excluding tert-OH is 1. The standard InChI is InChI=1S/C10H15NO3/c1-4-5-11-6(2)8-9(12)7(3)14-10(8)13/h7,12H,4-5H2,1-3H3. The van der Waals surface area contributed by atoms with Gasteiger partial charge in [-0.1, -0.05) is 6.92 Å². The topological polar surface area (TPSA) is 58.9 Å². The Morgan fingerprint density at radius 2 is 2.29 bits per heavy atom. The summed E-state index contributed by atoms with van der Waals surface area (Å²) in [5.41, 5.74) is 0.782. The van der Waals surface area contributed by atoms with Crippen LogP contribution < -0.4 is 0 Å². The number of cyclic esters (lactones) is 1. The zero-order valence-electron chi connectivity index (χ0n) is 8.70. The van der Waals surface area contributed by atoms with Gasteiger partial charge in [0.2, 0.25) is 0 Å². The molecule has 0 aromatic carbocycles. The molecule has 1 atom stereocenters. The summed E-state index contributed by atoms with van der Waals surface area (Å²) in [6, 6.07) is 0. The minimum absolute atomic E-state index is 0.00708. The molecule has 14 heavy (non-hydrogen) atoms. The van der Waals surface area contributed by atoms with E-state index >= 15 is 0 Å². The average Bonchev–Trinajstić information content (AvgIpc) is 2.38. The second-order valence-electron chi connectivity index (χ2n) is 3.27. The van der Waals surface area contributed by atoms with Gasteiger partial charge in [-0.15, -0.1) is 0 Å². The minimum atomic E-state index is -0.538. The van der Waals surface area contributed by atoms with Crippen LogP contribution in [0.4, 0.5) is 0 Å². The van der Waals surface area contributed by atoms with Gasteiger partial charge in [-0.25, -0.2) is 4.79 Å². The van der Waals surface area contributed by atoms with Crippen molar-refractivity contribution in [3.63, 3.8) is 0 Å². The van der Waals surface area contributed by atoms with Gasteiger partial charge in [0.1, 0.15) is 11.3 Å². The first kappa shape index (κ1) is 10.8. The van der Waals surface area contributed by atoms with Gasteiger partial charge >= 0.3 is 5.97 Å². The zero-order chi connectivity index (χ0) is 10.7. The fourth-order valence-electron chi connectivity index (χ4n) is 1.27. The quantitative estimate of drug-likeness (QED) is 0.552. The van der Waals surface area contributed by atoms with E-state index in [1.165, 1.54) is 0 Å². The zero-order valence-corrected chi connectivity index (χ0v) is 8.70. The Labute approximate surface area is 83.3 Å². The van der Waals surface area contributed by atoms with E-state index in [1.807, 2.05) is 6.92 Å². The predicted molar refractivity (Wildman–Crippen MR) is 53.5 cm³/mol. The van der Waals surface area contributed by atoms with E-state index in [9.17, 15) is 9.90 Å². The van der Waals surface area contributed by atoms with Gasteiger partial charge in [0.15, 0.2) is 6.10 Å². The number of rotatable bonds is 3. The van der Waals surface area contributed by atoms with Gasteiger partial charge < -0.3 is 9.84 Å². The number of carbonyl (C=O) groups is 1. The van der Waals surface area contributed by atoms with Crippen molar-refractivity contribution in [1.82, 2.24) is 0 Å². The highest BCUT2D eigenvalue weighted by Gasteiger charge is 2.32. The molecule has 1 N–H and O–H groups in total. The van der Waals surface area contributed by atoms with Crippen LogP contribution in [-0.4, -0.2) is 29.4 Å². The molecule has 1 unspecified atom stereocenters. The van der Waals surface area contributed by atoms with Crippen LogP contribution in [0.3, 0.4) is 0 Å². The lowest BCUT2D eigenvalue weighted by Crippen LogP contribution is -2.08. The minimum Gasteiger partial charge on any atom is -0.507 e. The van der Waals surface area contributed by atoms with Crippen molar-refractivity contribution < 1.29 is 14.6 Å². The normalized spacial score (nSPS) is 22.9. The summed E-state index contributed by atoms with van der Waals surface area (Å²) in [4.78, 5) is 15.4. The van der Waals surface area contributed by atoms with Gasteiger partial charge in [-0.2, -0.15) is 0 Å². The van der Waals surface area contributed by atoms with Crippen molar-refractivity contribution in [3.8, 4) is 0 Å². The molecular formula is C10H15NO3. The summed E-state index contributed by atoms with van der Waals surface area (Å²) < 4.78 is 4.84. The average molecular weight is 197 g/mol. The molecule has 0 bridgehead atoms. The van der Waals surface area contributed by atoms with Crippen LogP contribution in [0.2, 0.25) is 0 Å². The number of ether oxygens (including phenoxy) is 1. The monoisotopic (exact) mass is 197 g/mol. The second-order valence-corrected chi connectivity index (χ2v) is 3.27. The number of nitrogens with zero attached hydrogens (tertiary/aromatic N) is 1. The smallest absolute Gasteiger partial charge is 0.344 e. The van der Waals surface area contributed by atoms with Crippen LogP contribution in [0.15, 0.2) is 16.3 Å². The van der Waals surface area contributed by atoms with E-state index in [0.717, 1.165) is 6.42 Å². The van der Waals surface area contributed by atoms with Gasteiger partial charge in [-0.3, -0.25) is 4.99 Å². The summed E-state index contributed by atoms with van der Waals surface area (Å²) >= 11 is 0. The highest BCUT2D eigenvalue weighted by Crippen LogP contribution is 2.21. The van der Waals surface area contributed by atoms with Crippen LogP contribution in [-0.2, 0) is 9.53 Å². The molecule has 0 aromatic rings. The number of carbonyl (C=O) groups excluding carboxylic acids is 1. The summed E-state index contributed by atoms with van der Waals surface area (Å²) in [5, 5.41) is 9.55. The molecule has 0 saturated heterocycles. The summed E-state index contributed by atoms with van der Waals surface area (Å²) in [7, 11) is 0. The number of aliphatic hydroxyl groups is 1. The number of esters is 1. The Kier molecular flexibility index (Phi) is 3.28. The third-order valence-corrected chi connectivity index (χ3v) is 2.06. The van der Waals surface area contributed by atoms with E-state index in [1.54, 1.807) is 13.8 Å². The maximum absolute atomic E-state index is 11.3. The van der Waals surface area contributed by atoms with Crippen LogP contribution in [0.1, 0.15) is 27.2 Å². The van der Waals surface area contributed by atoms with Crippen LogP contribution in [0.25, 0.3) is 0 Å². The van der Waals surface area contributed by atoms with E-state index < -0.39 is 12.1 Å². The maximum atomic E-state index is 11.3. The second kappa shape index (κ2) is 4.26. The molecule has 0 aliphatic carbocycles. The lowest BCUT2D eigenvalue weighted by Gasteiger charge is -1.99. The largest absolute Gasteiger partial charge is 0.507 e. The highest BCUT2D eigenvalue weighted by atomic mass is 16.6. The Morgan fingerprint density at radius 3 is 2.71 bits per heavy atom. The van der Waals surface area contributed by atoms with Crippen LogP contribution >= 0.6 is 0 Å². The summed E-state index contributed by atoms with van der Waals surface area (Å²) in [6.07, 6.45) is 0.375. The van der Waals surface area contributed by atoms with Crippen LogP contribution in [0, 0.1) is 0 Å². The SMILES string of the molecule is CCCN=C(C)C1=C(O)C(C)OC1=O. The first-order chi connectivity index (χ1) is 6.57. The summed E-state index contributed by atoms with van der Waals surface area (Å²) in [5.74, 6) is -0.486. The molecule has 4 nitrogen and oxygen atoms in total. The number of hydrogen-bond acceptors (Lipinski definition) is 4. The Hall–Kier alpha value is -1.32. The van der Waals surface area contributed by atoms with E-state index in [-0.39, 0.29) is 11.3 Å². The van der Waals surface area contributed by atoms with Crippen molar-refractivity contribution in [1.29, 1.82) is 0 Å². The molecule has 4 heteroatoms. The molecule has 0 radical (unpaired) electrons. The molecule has 78 valence electrons. The molecule has 0 aromatic heterocycles.